The van der Waals surface area contributed by atoms with Gasteiger partial charge in [0, 0.05) is 12.8 Å². The highest BCUT2D eigenvalue weighted by molar-refractivity contribution is 8.00. The molecule has 0 saturated heterocycles. The monoisotopic (exact) mass is 400 g/mol. The fraction of sp³-hybridized carbons (Fsp3) is 0.542. The van der Waals surface area contributed by atoms with Crippen molar-refractivity contribution in [2.24, 2.45) is 5.92 Å². The molecule has 0 saturated carbocycles. The molecule has 28 heavy (non-hydrogen) atoms. The van der Waals surface area contributed by atoms with Gasteiger partial charge in [0.2, 0.25) is 0 Å². The second-order valence-electron chi connectivity index (χ2n) is 8.03. The summed E-state index contributed by atoms with van der Waals surface area (Å²) in [6.45, 7) is 9.19. The van der Waals surface area contributed by atoms with Gasteiger partial charge in [-0.1, -0.05) is 31.5 Å². The molecule has 0 fully saturated rings. The lowest BCUT2D eigenvalue weighted by molar-refractivity contribution is -0.115. The molecular weight excluding hydrogens is 368 g/mol. The summed E-state index contributed by atoms with van der Waals surface area (Å²) >= 11 is 1.90. The Labute approximate surface area is 173 Å². The van der Waals surface area contributed by atoms with Crippen LogP contribution in [0, 0.1) is 12.8 Å². The van der Waals surface area contributed by atoms with E-state index in [9.17, 15) is 9.90 Å². The number of carbonyl (C=O) groups is 1. The van der Waals surface area contributed by atoms with E-state index in [1.165, 1.54) is 22.3 Å². The number of allylic oxidation sites excluding steroid dienone is 2. The quantitative estimate of drug-likeness (QED) is 0.629. The van der Waals surface area contributed by atoms with Gasteiger partial charge in [-0.2, -0.15) is 11.8 Å². The molecule has 2 aliphatic rings. The summed E-state index contributed by atoms with van der Waals surface area (Å²) in [7, 11) is 0. The third-order valence-electron chi connectivity index (χ3n) is 5.85. The molecular formula is C24H32O3S. The molecule has 3 nitrogen and oxygen atoms in total. The van der Waals surface area contributed by atoms with Crippen LogP contribution >= 0.6 is 11.8 Å². The Morgan fingerprint density at radius 1 is 1.14 bits per heavy atom. The third-order valence-corrected chi connectivity index (χ3v) is 7.23. The van der Waals surface area contributed by atoms with Crippen molar-refractivity contribution in [1.82, 2.24) is 0 Å². The van der Waals surface area contributed by atoms with Crippen molar-refractivity contribution in [3.05, 3.63) is 52.0 Å². The average Bonchev–Trinajstić information content (AvgIpc) is 3.06. The number of carbonyl (C=O) groups excluding carboxylic acids is 1. The first-order chi connectivity index (χ1) is 13.4. The molecule has 3 rings (SSSR count). The van der Waals surface area contributed by atoms with Crippen molar-refractivity contribution in [2.75, 3.05) is 12.4 Å². The fourth-order valence-corrected chi connectivity index (χ4v) is 5.56. The predicted octanol–water partition coefficient (Wildman–Crippen LogP) is 5.79. The molecule has 1 aromatic carbocycles. The first kappa shape index (κ1) is 21.0. The molecule has 0 aromatic heterocycles. The van der Waals surface area contributed by atoms with Crippen LogP contribution in [-0.2, 0) is 22.4 Å². The Balaban J connectivity index is 1.75. The van der Waals surface area contributed by atoms with Crippen molar-refractivity contribution in [2.45, 2.75) is 65.0 Å². The minimum absolute atomic E-state index is 0.104. The molecule has 1 aromatic rings. The van der Waals surface area contributed by atoms with Crippen LogP contribution in [0.5, 0.6) is 0 Å². The summed E-state index contributed by atoms with van der Waals surface area (Å²) in [6.07, 6.45) is 5.68. The minimum atomic E-state index is 0.104. The fourth-order valence-electron chi connectivity index (χ4n) is 4.31. The zero-order valence-electron chi connectivity index (χ0n) is 17.5. The average molecular weight is 401 g/mol. The van der Waals surface area contributed by atoms with Crippen molar-refractivity contribution < 1.29 is 14.6 Å². The van der Waals surface area contributed by atoms with Crippen LogP contribution in [0.15, 0.2) is 29.7 Å². The van der Waals surface area contributed by atoms with E-state index in [4.69, 9.17) is 4.74 Å². The summed E-state index contributed by atoms with van der Waals surface area (Å²) in [6, 6.07) is 4.31. The largest absolute Gasteiger partial charge is 0.512 e. The van der Waals surface area contributed by atoms with E-state index in [1.807, 2.05) is 18.0 Å². The number of benzene rings is 1. The maximum atomic E-state index is 13.1. The van der Waals surface area contributed by atoms with Crippen molar-refractivity contribution in [3.63, 3.8) is 0 Å². The second-order valence-corrected chi connectivity index (χ2v) is 9.34. The van der Waals surface area contributed by atoms with Crippen molar-refractivity contribution >= 4 is 23.1 Å². The lowest BCUT2D eigenvalue weighted by atomic mass is 9.79. The number of hydrogen-bond acceptors (Lipinski definition) is 4. The molecule has 0 radical (unpaired) electrons. The number of aliphatic hydroxyl groups excluding tert-OH is 1. The molecule has 1 heterocycles. The maximum absolute atomic E-state index is 13.1. The normalized spacial score (nSPS) is 22.4. The van der Waals surface area contributed by atoms with Crippen LogP contribution < -0.4 is 0 Å². The van der Waals surface area contributed by atoms with Crippen LogP contribution in [0.3, 0.4) is 0 Å². The molecule has 152 valence electrons. The maximum Gasteiger partial charge on any atom is 0.167 e. The van der Waals surface area contributed by atoms with Gasteiger partial charge in [0.25, 0.3) is 0 Å². The van der Waals surface area contributed by atoms with Gasteiger partial charge in [-0.05, 0) is 67.0 Å². The highest BCUT2D eigenvalue weighted by Crippen LogP contribution is 2.38. The van der Waals surface area contributed by atoms with Gasteiger partial charge in [-0.3, -0.25) is 4.79 Å². The smallest absolute Gasteiger partial charge is 0.167 e. The molecule has 1 N–H and O–H groups in total. The SMILES string of the molecule is CCc1cc(C)cc(CC)c1C1=C(O)CC(CCSC2COC=C2C)CC1=O. The second kappa shape index (κ2) is 9.21. The number of ketones is 1. The first-order valence-corrected chi connectivity index (χ1v) is 11.5. The van der Waals surface area contributed by atoms with Crippen LogP contribution in [0.4, 0.5) is 0 Å². The summed E-state index contributed by atoms with van der Waals surface area (Å²) in [4.78, 5) is 13.1. The van der Waals surface area contributed by atoms with Gasteiger partial charge in [0.1, 0.15) is 12.4 Å². The van der Waals surface area contributed by atoms with Gasteiger partial charge in [-0.25, -0.2) is 0 Å². The van der Waals surface area contributed by atoms with Gasteiger partial charge in [0.15, 0.2) is 5.78 Å². The van der Waals surface area contributed by atoms with Crippen LogP contribution in [0.25, 0.3) is 5.57 Å². The lowest BCUT2D eigenvalue weighted by Crippen LogP contribution is -2.21. The number of hydrogen-bond donors (Lipinski definition) is 1. The van der Waals surface area contributed by atoms with E-state index in [0.29, 0.717) is 29.4 Å². The molecule has 2 unspecified atom stereocenters. The summed E-state index contributed by atoms with van der Waals surface area (Å²) < 4.78 is 5.38. The van der Waals surface area contributed by atoms with Gasteiger partial charge >= 0.3 is 0 Å². The van der Waals surface area contributed by atoms with E-state index in [0.717, 1.165) is 37.2 Å². The summed E-state index contributed by atoms with van der Waals surface area (Å²) in [5.74, 6) is 1.62. The highest BCUT2D eigenvalue weighted by Gasteiger charge is 2.31. The molecule has 0 bridgehead atoms. The number of aliphatic hydroxyl groups is 1. The number of rotatable bonds is 7. The van der Waals surface area contributed by atoms with E-state index in [-0.39, 0.29) is 11.7 Å². The van der Waals surface area contributed by atoms with Crippen LogP contribution in [0.2, 0.25) is 0 Å². The van der Waals surface area contributed by atoms with Crippen LogP contribution in [0.1, 0.15) is 62.3 Å². The standard InChI is InChI=1S/C24H32O3S/c1-5-18-9-15(3)10-19(6-2)23(18)24-20(25)11-17(12-21(24)26)7-8-28-22-14-27-13-16(22)4/h9-10,13,17,22,25H,5-8,11-12,14H2,1-4H3. The first-order valence-electron chi connectivity index (χ1n) is 10.4. The van der Waals surface area contributed by atoms with Crippen LogP contribution in [-0.4, -0.2) is 28.5 Å². The zero-order valence-corrected chi connectivity index (χ0v) is 18.3. The number of aryl methyl sites for hydroxylation is 3. The molecule has 1 aliphatic heterocycles. The third kappa shape index (κ3) is 4.48. The van der Waals surface area contributed by atoms with E-state index in [1.54, 1.807) is 0 Å². The molecule has 1 aliphatic carbocycles. The summed E-state index contributed by atoms with van der Waals surface area (Å²) in [5.41, 5.74) is 6.42. The van der Waals surface area contributed by atoms with Gasteiger partial charge in [0.05, 0.1) is 17.1 Å². The zero-order chi connectivity index (χ0) is 20.3. The van der Waals surface area contributed by atoms with E-state index < -0.39 is 0 Å². The van der Waals surface area contributed by atoms with Gasteiger partial charge < -0.3 is 9.84 Å². The highest BCUT2D eigenvalue weighted by atomic mass is 32.2. The molecule has 4 heteroatoms. The number of ether oxygens (including phenoxy) is 1. The Morgan fingerprint density at radius 3 is 2.36 bits per heavy atom. The lowest BCUT2D eigenvalue weighted by Gasteiger charge is -2.26. The summed E-state index contributed by atoms with van der Waals surface area (Å²) in [5, 5.41) is 11.3. The van der Waals surface area contributed by atoms with E-state index >= 15 is 0 Å². The Morgan fingerprint density at radius 2 is 1.82 bits per heavy atom. The minimum Gasteiger partial charge on any atom is -0.512 e. The van der Waals surface area contributed by atoms with Gasteiger partial charge in [-0.15, -0.1) is 0 Å². The number of Topliss-reactive ketones (excluding diaryl/α,β-unsaturated/α-hetero) is 1. The topological polar surface area (TPSA) is 46.5 Å². The molecule has 0 spiro atoms. The molecule has 2 atom stereocenters. The van der Waals surface area contributed by atoms with Crippen molar-refractivity contribution in [1.29, 1.82) is 0 Å². The van der Waals surface area contributed by atoms with E-state index in [2.05, 4.69) is 39.8 Å². The molecule has 0 amide bonds. The Hall–Kier alpha value is -1.68. The Bertz CT molecular complexity index is 781. The number of thioether (sulfide) groups is 1. The predicted molar refractivity (Wildman–Crippen MR) is 118 cm³/mol. The Kier molecular flexibility index (Phi) is 6.92. The van der Waals surface area contributed by atoms with Crippen molar-refractivity contribution in [3.8, 4) is 0 Å².